The van der Waals surface area contributed by atoms with E-state index >= 15 is 0 Å². The number of aliphatic imine (C=N–C) groups is 1. The highest BCUT2D eigenvalue weighted by atomic mass is 127. The number of guanidine groups is 1. The summed E-state index contributed by atoms with van der Waals surface area (Å²) in [6.45, 7) is 8.55. The molecule has 1 saturated carbocycles. The first kappa shape index (κ1) is 25.0. The van der Waals surface area contributed by atoms with Gasteiger partial charge in [0.1, 0.15) is 5.75 Å². The number of halogens is 4. The van der Waals surface area contributed by atoms with E-state index < -0.39 is 12.8 Å². The Labute approximate surface area is 193 Å². The van der Waals surface area contributed by atoms with Gasteiger partial charge in [-0.1, -0.05) is 26.0 Å². The van der Waals surface area contributed by atoms with E-state index in [-0.39, 0.29) is 53.8 Å². The van der Waals surface area contributed by atoms with Gasteiger partial charge in [-0.2, -0.15) is 13.2 Å². The van der Waals surface area contributed by atoms with E-state index in [1.807, 2.05) is 19.9 Å². The van der Waals surface area contributed by atoms with Crippen LogP contribution in [0, 0.1) is 18.3 Å². The van der Waals surface area contributed by atoms with Crippen molar-refractivity contribution in [2.45, 2.75) is 59.0 Å². The fourth-order valence-electron chi connectivity index (χ4n) is 4.34. The monoisotopic (exact) mass is 541 g/mol. The van der Waals surface area contributed by atoms with E-state index in [2.05, 4.69) is 29.5 Å². The minimum absolute atomic E-state index is 0. The van der Waals surface area contributed by atoms with Crippen LogP contribution in [0.1, 0.15) is 38.3 Å². The molecule has 170 valence electrons. The summed E-state index contributed by atoms with van der Waals surface area (Å²) in [6.07, 6.45) is -3.09. The highest BCUT2D eigenvalue weighted by Crippen LogP contribution is 2.52. The number of ether oxygens (including phenoxy) is 2. The van der Waals surface area contributed by atoms with Crippen LogP contribution in [0.2, 0.25) is 0 Å². The van der Waals surface area contributed by atoms with Gasteiger partial charge in [0.05, 0.1) is 12.6 Å². The summed E-state index contributed by atoms with van der Waals surface area (Å²) in [7, 11) is 0. The van der Waals surface area contributed by atoms with Crippen LogP contribution in [-0.4, -0.2) is 44.0 Å². The molecule has 0 spiro atoms. The van der Waals surface area contributed by atoms with Crippen molar-refractivity contribution in [1.29, 1.82) is 0 Å². The number of fused-ring (bicyclic) bond motifs is 1. The second-order valence-electron chi connectivity index (χ2n) is 8.40. The van der Waals surface area contributed by atoms with Crippen LogP contribution in [0.3, 0.4) is 0 Å². The molecule has 2 aliphatic rings. The van der Waals surface area contributed by atoms with Crippen molar-refractivity contribution in [2.75, 3.05) is 19.8 Å². The Balaban J connectivity index is 0.00000320. The average Bonchev–Trinajstić information content (AvgIpc) is 3.09. The van der Waals surface area contributed by atoms with Gasteiger partial charge in [-0.15, -0.1) is 24.0 Å². The standard InChI is InChI=1S/C21H30F3N3O2.HI/c1-5-25-19(27-17-15-8-9-28-18(15)20(17,3)4)26-11-14-7-6-13(2)10-16(14)29-12-21(22,23)24;/h6-7,10,15,17-18H,5,8-9,11-12H2,1-4H3,(H2,25,26,27);1H. The molecule has 1 saturated heterocycles. The summed E-state index contributed by atoms with van der Waals surface area (Å²) in [6, 6.07) is 5.47. The third-order valence-electron chi connectivity index (χ3n) is 5.76. The van der Waals surface area contributed by atoms with Crippen LogP contribution in [0.25, 0.3) is 0 Å². The first-order valence-corrected chi connectivity index (χ1v) is 10.1. The summed E-state index contributed by atoms with van der Waals surface area (Å²) in [5, 5.41) is 6.75. The second-order valence-corrected chi connectivity index (χ2v) is 8.40. The van der Waals surface area contributed by atoms with Crippen molar-refractivity contribution >= 4 is 29.9 Å². The molecule has 5 nitrogen and oxygen atoms in total. The number of alkyl halides is 3. The van der Waals surface area contributed by atoms with Gasteiger partial charge < -0.3 is 20.1 Å². The van der Waals surface area contributed by atoms with Crippen LogP contribution >= 0.6 is 24.0 Å². The van der Waals surface area contributed by atoms with Crippen molar-refractivity contribution in [3.8, 4) is 5.75 Å². The predicted octanol–water partition coefficient (Wildman–Crippen LogP) is 4.42. The Morgan fingerprint density at radius 3 is 2.73 bits per heavy atom. The van der Waals surface area contributed by atoms with E-state index in [1.54, 1.807) is 12.1 Å². The van der Waals surface area contributed by atoms with E-state index in [1.165, 1.54) is 0 Å². The van der Waals surface area contributed by atoms with Crippen LogP contribution in [0.15, 0.2) is 23.2 Å². The van der Waals surface area contributed by atoms with Gasteiger partial charge >= 0.3 is 6.18 Å². The minimum atomic E-state index is -4.38. The second kappa shape index (κ2) is 9.93. The molecule has 3 rings (SSSR count). The molecule has 0 amide bonds. The van der Waals surface area contributed by atoms with E-state index in [0.29, 0.717) is 24.0 Å². The number of hydrogen-bond donors (Lipinski definition) is 2. The summed E-state index contributed by atoms with van der Waals surface area (Å²) in [4.78, 5) is 4.61. The van der Waals surface area contributed by atoms with Crippen LogP contribution in [-0.2, 0) is 11.3 Å². The van der Waals surface area contributed by atoms with Crippen molar-refractivity contribution in [3.63, 3.8) is 0 Å². The Bertz CT molecular complexity index is 756. The smallest absolute Gasteiger partial charge is 0.422 e. The summed E-state index contributed by atoms with van der Waals surface area (Å²) < 4.78 is 48.6. The number of rotatable bonds is 6. The molecule has 0 bridgehead atoms. The normalized spacial score (nSPS) is 25.0. The molecule has 1 aromatic carbocycles. The summed E-state index contributed by atoms with van der Waals surface area (Å²) in [5.74, 6) is 1.33. The zero-order valence-corrected chi connectivity index (χ0v) is 20.1. The molecule has 1 heterocycles. The van der Waals surface area contributed by atoms with Gasteiger partial charge in [-0.05, 0) is 31.9 Å². The molecule has 1 aromatic rings. The minimum Gasteiger partial charge on any atom is -0.484 e. The zero-order chi connectivity index (χ0) is 21.2. The Kier molecular flexibility index (Phi) is 8.29. The molecule has 1 aliphatic heterocycles. The average molecular weight is 541 g/mol. The fourth-order valence-corrected chi connectivity index (χ4v) is 4.34. The number of nitrogens with zero attached hydrogens (tertiary/aromatic N) is 1. The molecule has 2 fully saturated rings. The lowest BCUT2D eigenvalue weighted by atomic mass is 9.57. The number of aryl methyl sites for hydroxylation is 1. The van der Waals surface area contributed by atoms with Crippen molar-refractivity contribution in [1.82, 2.24) is 10.6 Å². The van der Waals surface area contributed by atoms with E-state index in [0.717, 1.165) is 18.6 Å². The molecule has 2 N–H and O–H groups in total. The first-order valence-electron chi connectivity index (χ1n) is 10.1. The molecule has 1 aliphatic carbocycles. The van der Waals surface area contributed by atoms with Gasteiger partial charge in [0, 0.05) is 36.1 Å². The van der Waals surface area contributed by atoms with Crippen molar-refractivity contribution in [2.24, 2.45) is 16.3 Å². The maximum absolute atomic E-state index is 12.6. The molecule has 3 atom stereocenters. The lowest BCUT2D eigenvalue weighted by Gasteiger charge is -2.54. The highest BCUT2D eigenvalue weighted by molar-refractivity contribution is 14.0. The Morgan fingerprint density at radius 2 is 2.07 bits per heavy atom. The number of benzene rings is 1. The van der Waals surface area contributed by atoms with Gasteiger partial charge in [0.25, 0.3) is 0 Å². The Morgan fingerprint density at radius 1 is 1.33 bits per heavy atom. The van der Waals surface area contributed by atoms with Crippen LogP contribution in [0.5, 0.6) is 5.75 Å². The molecule has 9 heteroatoms. The summed E-state index contributed by atoms with van der Waals surface area (Å²) >= 11 is 0. The number of nitrogens with one attached hydrogen (secondary N) is 2. The van der Waals surface area contributed by atoms with Gasteiger partial charge in [0.2, 0.25) is 0 Å². The third kappa shape index (κ3) is 5.72. The lowest BCUT2D eigenvalue weighted by molar-refractivity contribution is -0.153. The predicted molar refractivity (Wildman–Crippen MR) is 122 cm³/mol. The molecular weight excluding hydrogens is 510 g/mol. The topological polar surface area (TPSA) is 54.9 Å². The molecule has 3 unspecified atom stereocenters. The Hall–Kier alpha value is -1.23. The highest BCUT2D eigenvalue weighted by Gasteiger charge is 2.59. The lowest BCUT2D eigenvalue weighted by Crippen LogP contribution is -2.67. The van der Waals surface area contributed by atoms with E-state index in [9.17, 15) is 13.2 Å². The van der Waals surface area contributed by atoms with Gasteiger partial charge in [0.15, 0.2) is 12.6 Å². The fraction of sp³-hybridized carbons (Fsp3) is 0.667. The summed E-state index contributed by atoms with van der Waals surface area (Å²) in [5.41, 5.74) is 1.46. The number of hydrogen-bond acceptors (Lipinski definition) is 3. The van der Waals surface area contributed by atoms with Crippen LogP contribution in [0.4, 0.5) is 13.2 Å². The van der Waals surface area contributed by atoms with E-state index in [4.69, 9.17) is 9.47 Å². The van der Waals surface area contributed by atoms with Crippen LogP contribution < -0.4 is 15.4 Å². The van der Waals surface area contributed by atoms with Gasteiger partial charge in [-0.25, -0.2) is 4.99 Å². The van der Waals surface area contributed by atoms with Gasteiger partial charge in [-0.3, -0.25) is 0 Å². The molecule has 0 aromatic heterocycles. The zero-order valence-electron chi connectivity index (χ0n) is 17.8. The SMILES string of the molecule is CCNC(=NCc1ccc(C)cc1OCC(F)(F)F)NC1C2CCOC2C1(C)C.I. The maximum Gasteiger partial charge on any atom is 0.422 e. The quantitative estimate of drug-likeness (QED) is 0.318. The molecule has 0 radical (unpaired) electrons. The molecular formula is C21H31F3IN3O2. The largest absolute Gasteiger partial charge is 0.484 e. The van der Waals surface area contributed by atoms with Crippen molar-refractivity contribution in [3.05, 3.63) is 29.3 Å². The molecule has 30 heavy (non-hydrogen) atoms. The first-order chi connectivity index (χ1) is 13.6. The van der Waals surface area contributed by atoms with Crippen molar-refractivity contribution < 1.29 is 22.6 Å². The third-order valence-corrected chi connectivity index (χ3v) is 5.76. The maximum atomic E-state index is 12.6.